The van der Waals surface area contributed by atoms with Gasteiger partial charge in [-0.15, -0.1) is 0 Å². The van der Waals surface area contributed by atoms with Crippen LogP contribution < -0.4 is 0 Å². The zero-order chi connectivity index (χ0) is 23.8. The van der Waals surface area contributed by atoms with Crippen LogP contribution in [0.2, 0.25) is 0 Å². The molecule has 0 aliphatic heterocycles. The molecule has 0 spiro atoms. The minimum Gasteiger partial charge on any atom is -0.0545 e. The van der Waals surface area contributed by atoms with Crippen LogP contribution in [-0.2, 0) is 77.0 Å². The van der Waals surface area contributed by atoms with Crippen molar-refractivity contribution in [2.45, 2.75) is 77.0 Å². The average molecular weight is 483 g/mol. The largest absolute Gasteiger partial charge is 0.0545 e. The fraction of sp³-hybridized carbons (Fsp3) is 0.316. The summed E-state index contributed by atoms with van der Waals surface area (Å²) in [7, 11) is 0. The first-order valence-electron chi connectivity index (χ1n) is 15.4. The van der Waals surface area contributed by atoms with Gasteiger partial charge in [0.2, 0.25) is 0 Å². The zero-order valence-electron chi connectivity index (χ0n) is 21.6. The summed E-state index contributed by atoms with van der Waals surface area (Å²) >= 11 is 0. The molecule has 0 saturated carbocycles. The third kappa shape index (κ3) is 1.52. The Bertz CT molecular complexity index is 2100. The van der Waals surface area contributed by atoms with Crippen molar-refractivity contribution in [2.75, 3.05) is 0 Å². The molecule has 0 heteroatoms. The van der Waals surface area contributed by atoms with E-state index in [1.807, 2.05) is 0 Å². The molecule has 6 aliphatic carbocycles. The highest BCUT2D eigenvalue weighted by Gasteiger charge is 2.39. The summed E-state index contributed by atoms with van der Waals surface area (Å²) in [5.74, 6) is 0. The predicted octanol–water partition coefficient (Wildman–Crippen LogP) is 8.07. The van der Waals surface area contributed by atoms with Crippen molar-refractivity contribution in [1.29, 1.82) is 0 Å². The fourth-order valence-corrected chi connectivity index (χ4v) is 11.7. The molecule has 0 bridgehead atoms. The number of aryl methyl sites for hydroxylation is 12. The van der Waals surface area contributed by atoms with Gasteiger partial charge in [0.05, 0.1) is 0 Å². The summed E-state index contributed by atoms with van der Waals surface area (Å²) in [5, 5.41) is 20.7. The smallest absolute Gasteiger partial charge is 0.000794 e. The Morgan fingerprint density at radius 2 is 0.421 bits per heavy atom. The second-order valence-corrected chi connectivity index (χ2v) is 13.7. The first-order valence-corrected chi connectivity index (χ1v) is 15.4. The molecular formula is C38H26. The van der Waals surface area contributed by atoms with Crippen molar-refractivity contribution in [3.63, 3.8) is 0 Å². The number of hydrogen-bond donors (Lipinski definition) is 0. The number of hydrogen-bond acceptors (Lipinski definition) is 0. The Kier molecular flexibility index (Phi) is 2.48. The number of rotatable bonds is 0. The zero-order valence-corrected chi connectivity index (χ0v) is 21.6. The van der Waals surface area contributed by atoms with Gasteiger partial charge >= 0.3 is 0 Å². The van der Waals surface area contributed by atoms with Crippen molar-refractivity contribution in [2.24, 2.45) is 0 Å². The summed E-state index contributed by atoms with van der Waals surface area (Å²) in [6.07, 6.45) is 15.2. The fourth-order valence-electron chi connectivity index (χ4n) is 11.7. The maximum atomic E-state index is 2.66. The van der Waals surface area contributed by atoms with Gasteiger partial charge < -0.3 is 0 Å². The molecule has 13 rings (SSSR count). The van der Waals surface area contributed by atoms with E-state index in [-0.39, 0.29) is 0 Å². The van der Waals surface area contributed by atoms with Gasteiger partial charge in [-0.3, -0.25) is 0 Å². The Labute approximate surface area is 220 Å². The average Bonchev–Trinajstić information content (AvgIpc) is 3.75. The van der Waals surface area contributed by atoms with Crippen LogP contribution in [0, 0.1) is 0 Å². The SMILES string of the molecule is c1c2c3c(c4c5c6c(c7c8c(cc9c%10c(c%11c(c%12c(c%13c(c1CC%13)c3c5%12)CC%11)c6c8%10)CC9)CC7)CC4)CC2. The van der Waals surface area contributed by atoms with Gasteiger partial charge in [0.1, 0.15) is 0 Å². The molecule has 0 N–H and O–H groups in total. The van der Waals surface area contributed by atoms with Crippen LogP contribution in [0.25, 0.3) is 64.6 Å². The third-order valence-corrected chi connectivity index (χ3v) is 12.7. The normalized spacial score (nSPS) is 19.4. The Morgan fingerprint density at radius 1 is 0.211 bits per heavy atom. The van der Waals surface area contributed by atoms with Gasteiger partial charge in [0.15, 0.2) is 0 Å². The summed E-state index contributed by atoms with van der Waals surface area (Å²) < 4.78 is 0. The highest BCUT2D eigenvalue weighted by Crippen LogP contribution is 2.60. The molecule has 38 heavy (non-hydrogen) atoms. The molecule has 0 radical (unpaired) electrons. The minimum atomic E-state index is 1.26. The maximum absolute atomic E-state index is 2.66. The molecule has 0 nitrogen and oxygen atoms in total. The van der Waals surface area contributed by atoms with Gasteiger partial charge in [0.25, 0.3) is 0 Å². The Hall–Kier alpha value is -3.38. The monoisotopic (exact) mass is 482 g/mol. The van der Waals surface area contributed by atoms with Crippen LogP contribution in [-0.4, -0.2) is 0 Å². The van der Waals surface area contributed by atoms with Crippen LogP contribution in [0.15, 0.2) is 12.1 Å². The standard InChI is InChI=1S/C38H26/c1-5-19-23-9-10-24-21-7-3-17-14-18-4-8-22-26-12-11-25-20-6-2-16-13-15(1)27(19)35(28(16)20)37-31(23)32(24)38(34(26)33(25)37)36(29(17)21)30(18)22/h13-14H,1-12H2. The third-order valence-electron chi connectivity index (χ3n) is 12.7. The predicted molar refractivity (Wildman–Crippen MR) is 158 cm³/mol. The first kappa shape index (κ1) is 18.0. The Balaban J connectivity index is 1.51. The maximum Gasteiger partial charge on any atom is -0.000794 e. The van der Waals surface area contributed by atoms with E-state index in [0.717, 1.165) is 0 Å². The van der Waals surface area contributed by atoms with E-state index in [4.69, 9.17) is 0 Å². The van der Waals surface area contributed by atoms with Crippen molar-refractivity contribution in [1.82, 2.24) is 0 Å². The van der Waals surface area contributed by atoms with Gasteiger partial charge in [0, 0.05) is 0 Å². The second kappa shape index (κ2) is 5.24. The van der Waals surface area contributed by atoms with Gasteiger partial charge in [-0.05, 0) is 208 Å². The lowest BCUT2D eigenvalue weighted by Crippen LogP contribution is -2.13. The molecule has 0 amide bonds. The molecule has 0 fully saturated rings. The van der Waals surface area contributed by atoms with Crippen molar-refractivity contribution >= 4 is 64.6 Å². The van der Waals surface area contributed by atoms with E-state index >= 15 is 0 Å². The van der Waals surface area contributed by atoms with Gasteiger partial charge in [-0.25, -0.2) is 0 Å². The molecule has 0 atom stereocenters. The minimum absolute atomic E-state index is 1.26. The first-order chi connectivity index (χ1) is 18.9. The summed E-state index contributed by atoms with van der Waals surface area (Å²) in [4.78, 5) is 0. The van der Waals surface area contributed by atoms with Gasteiger partial charge in [-0.2, -0.15) is 0 Å². The Morgan fingerprint density at radius 3 is 0.711 bits per heavy atom. The van der Waals surface area contributed by atoms with Crippen LogP contribution in [0.4, 0.5) is 0 Å². The molecule has 0 saturated heterocycles. The summed E-state index contributed by atoms with van der Waals surface area (Å²) in [6, 6.07) is 5.31. The van der Waals surface area contributed by atoms with Crippen LogP contribution >= 0.6 is 0 Å². The lowest BCUT2D eigenvalue weighted by Gasteiger charge is -2.33. The molecular weight excluding hydrogens is 456 g/mol. The highest BCUT2D eigenvalue weighted by molar-refractivity contribution is 6.44. The number of benzene rings is 7. The van der Waals surface area contributed by atoms with E-state index in [0.29, 0.717) is 0 Å². The van der Waals surface area contributed by atoms with E-state index < -0.39 is 0 Å². The molecule has 0 unspecified atom stereocenters. The van der Waals surface area contributed by atoms with Gasteiger partial charge in [-0.1, -0.05) is 12.1 Å². The lowest BCUT2D eigenvalue weighted by atomic mass is 9.70. The molecule has 7 aromatic carbocycles. The quantitative estimate of drug-likeness (QED) is 0.151. The highest BCUT2D eigenvalue weighted by atomic mass is 14.4. The topological polar surface area (TPSA) is 0 Å². The van der Waals surface area contributed by atoms with Crippen molar-refractivity contribution in [3.8, 4) is 0 Å². The van der Waals surface area contributed by atoms with Crippen LogP contribution in [0.5, 0.6) is 0 Å². The van der Waals surface area contributed by atoms with E-state index in [1.165, 1.54) is 77.0 Å². The summed E-state index contributed by atoms with van der Waals surface area (Å²) in [5.41, 5.74) is 20.8. The lowest BCUT2D eigenvalue weighted by molar-refractivity contribution is 0.901. The van der Waals surface area contributed by atoms with E-state index in [1.54, 1.807) is 131 Å². The van der Waals surface area contributed by atoms with Crippen LogP contribution in [0.1, 0.15) is 66.8 Å². The molecule has 7 aromatic rings. The number of fused-ring (bicyclic) bond motifs is 4. The molecule has 6 aliphatic rings. The molecule has 0 heterocycles. The summed E-state index contributed by atoms with van der Waals surface area (Å²) in [6.45, 7) is 0. The van der Waals surface area contributed by atoms with Crippen molar-refractivity contribution in [3.05, 3.63) is 78.9 Å². The van der Waals surface area contributed by atoms with E-state index in [9.17, 15) is 0 Å². The molecule has 0 aromatic heterocycles. The van der Waals surface area contributed by atoms with Crippen LogP contribution in [0.3, 0.4) is 0 Å². The second-order valence-electron chi connectivity index (χ2n) is 13.7. The van der Waals surface area contributed by atoms with Crippen molar-refractivity contribution < 1.29 is 0 Å². The van der Waals surface area contributed by atoms with E-state index in [2.05, 4.69) is 12.1 Å². The molecule has 178 valence electrons.